The number of halogens is 1. The van der Waals surface area contributed by atoms with Crippen LogP contribution in [0.5, 0.6) is 5.75 Å². The number of hydrogen-bond donors (Lipinski definition) is 1. The highest BCUT2D eigenvalue weighted by atomic mass is 19.1. The summed E-state index contributed by atoms with van der Waals surface area (Å²) >= 11 is 0. The summed E-state index contributed by atoms with van der Waals surface area (Å²) < 4.78 is 19.3. The number of amides is 1. The zero-order chi connectivity index (χ0) is 25.4. The van der Waals surface area contributed by atoms with E-state index in [0.29, 0.717) is 30.9 Å². The maximum absolute atomic E-state index is 14.1. The fourth-order valence-corrected chi connectivity index (χ4v) is 5.00. The van der Waals surface area contributed by atoms with Crippen LogP contribution in [0.15, 0.2) is 48.5 Å². The van der Waals surface area contributed by atoms with Crippen LogP contribution in [-0.4, -0.2) is 60.1 Å². The number of hydrogen-bond acceptors (Lipinski definition) is 4. The number of ether oxygens (including phenoxy) is 1. The molecule has 0 aromatic heterocycles. The van der Waals surface area contributed by atoms with Gasteiger partial charge in [-0.25, -0.2) is 4.39 Å². The number of unbranched alkanes of at least 4 members (excludes halogenated alkanes) is 2. The first-order valence-electron chi connectivity index (χ1n) is 12.5. The van der Waals surface area contributed by atoms with E-state index in [1.54, 1.807) is 31.4 Å². The smallest absolute Gasteiger partial charge is 0.309 e. The van der Waals surface area contributed by atoms with E-state index in [2.05, 4.69) is 13.8 Å². The molecule has 1 fully saturated rings. The van der Waals surface area contributed by atoms with E-state index >= 15 is 0 Å². The van der Waals surface area contributed by atoms with Crippen LogP contribution in [-0.2, 0) is 9.59 Å². The van der Waals surface area contributed by atoms with Crippen molar-refractivity contribution in [1.82, 2.24) is 9.80 Å². The van der Waals surface area contributed by atoms with Crippen LogP contribution >= 0.6 is 0 Å². The van der Waals surface area contributed by atoms with Crippen molar-refractivity contribution in [2.45, 2.75) is 51.5 Å². The summed E-state index contributed by atoms with van der Waals surface area (Å²) in [6, 6.07) is 13.0. The summed E-state index contributed by atoms with van der Waals surface area (Å²) in [5.41, 5.74) is 1.44. The molecule has 6 nitrogen and oxygen atoms in total. The van der Waals surface area contributed by atoms with Gasteiger partial charge in [0, 0.05) is 31.6 Å². The maximum atomic E-state index is 14.1. The van der Waals surface area contributed by atoms with Gasteiger partial charge in [0.1, 0.15) is 11.6 Å². The predicted molar refractivity (Wildman–Crippen MR) is 134 cm³/mol. The maximum Gasteiger partial charge on any atom is 0.309 e. The summed E-state index contributed by atoms with van der Waals surface area (Å²) in [5.74, 6) is -1.93. The molecule has 35 heavy (non-hydrogen) atoms. The van der Waals surface area contributed by atoms with E-state index < -0.39 is 29.7 Å². The number of benzene rings is 2. The van der Waals surface area contributed by atoms with Crippen LogP contribution in [0.3, 0.4) is 0 Å². The number of carboxylic acid groups (broad SMARTS) is 1. The van der Waals surface area contributed by atoms with Gasteiger partial charge >= 0.3 is 5.97 Å². The van der Waals surface area contributed by atoms with Crippen molar-refractivity contribution in [3.05, 3.63) is 65.5 Å². The summed E-state index contributed by atoms with van der Waals surface area (Å²) in [5, 5.41) is 10.3. The van der Waals surface area contributed by atoms with Crippen molar-refractivity contribution in [2.24, 2.45) is 5.92 Å². The van der Waals surface area contributed by atoms with Crippen LogP contribution < -0.4 is 4.74 Å². The number of carbonyl (C=O) groups is 2. The van der Waals surface area contributed by atoms with Crippen molar-refractivity contribution in [2.75, 3.05) is 33.3 Å². The van der Waals surface area contributed by atoms with Gasteiger partial charge in [-0.2, -0.15) is 0 Å². The fourth-order valence-electron chi connectivity index (χ4n) is 5.00. The Bertz CT molecular complexity index is 973. The van der Waals surface area contributed by atoms with Gasteiger partial charge < -0.3 is 14.7 Å². The molecule has 2 aromatic carbocycles. The third kappa shape index (κ3) is 6.60. The third-order valence-electron chi connectivity index (χ3n) is 6.87. The fraction of sp³-hybridized carbons (Fsp3) is 0.500. The van der Waals surface area contributed by atoms with Crippen molar-refractivity contribution < 1.29 is 23.8 Å². The summed E-state index contributed by atoms with van der Waals surface area (Å²) in [6.07, 6.45) is 3.86. The van der Waals surface area contributed by atoms with Gasteiger partial charge in [-0.05, 0) is 48.2 Å². The molecule has 1 aliphatic rings. The molecule has 1 aliphatic heterocycles. The number of carboxylic acids is 1. The van der Waals surface area contributed by atoms with Crippen LogP contribution in [0.25, 0.3) is 0 Å². The first-order valence-corrected chi connectivity index (χ1v) is 12.5. The van der Waals surface area contributed by atoms with E-state index in [1.165, 1.54) is 12.1 Å². The van der Waals surface area contributed by atoms with Gasteiger partial charge in [0.05, 0.1) is 19.6 Å². The first-order chi connectivity index (χ1) is 16.9. The Labute approximate surface area is 207 Å². The molecule has 1 heterocycles. The average Bonchev–Trinajstić information content (AvgIpc) is 3.23. The second kappa shape index (κ2) is 12.7. The highest BCUT2D eigenvalue weighted by molar-refractivity contribution is 5.79. The molecule has 1 unspecified atom stereocenters. The molecule has 1 N–H and O–H groups in total. The molecule has 3 rings (SSSR count). The molecule has 1 amide bonds. The van der Waals surface area contributed by atoms with Gasteiger partial charge in [-0.15, -0.1) is 0 Å². The molecular formula is C28H37FN2O4. The SMILES string of the molecule is CCCCN(CCCC)C(=O)CN1CC(c2cccc(F)c2)[C@H](C(=O)O)[C@H]1c1ccc(OC)cc1. The number of rotatable bonds is 12. The van der Waals surface area contributed by atoms with Crippen molar-refractivity contribution >= 4 is 11.9 Å². The van der Waals surface area contributed by atoms with Crippen LogP contribution in [0.2, 0.25) is 0 Å². The Kier molecular flexibility index (Phi) is 9.66. The second-order valence-corrected chi connectivity index (χ2v) is 9.26. The zero-order valence-corrected chi connectivity index (χ0v) is 21.0. The third-order valence-corrected chi connectivity index (χ3v) is 6.87. The van der Waals surface area contributed by atoms with E-state index in [0.717, 1.165) is 31.2 Å². The quantitative estimate of drug-likeness (QED) is 0.454. The van der Waals surface area contributed by atoms with Crippen LogP contribution in [0, 0.1) is 11.7 Å². The summed E-state index contributed by atoms with van der Waals surface area (Å²) in [6.45, 7) is 6.09. The van der Waals surface area contributed by atoms with E-state index in [-0.39, 0.29) is 12.5 Å². The standard InChI is InChI=1S/C28H37FN2O4/c1-4-6-15-30(16-7-5-2)25(32)19-31-18-24(21-9-8-10-22(29)17-21)26(28(33)34)27(31)20-11-13-23(35-3)14-12-20/h8-14,17,24,26-27H,4-7,15-16,18-19H2,1-3H3,(H,33,34)/t24?,26-,27+/m0/s1. The lowest BCUT2D eigenvalue weighted by Crippen LogP contribution is -2.42. The second-order valence-electron chi connectivity index (χ2n) is 9.26. The molecule has 0 aliphatic carbocycles. The highest BCUT2D eigenvalue weighted by Crippen LogP contribution is 2.46. The Morgan fingerprint density at radius 1 is 1.06 bits per heavy atom. The van der Waals surface area contributed by atoms with Crippen molar-refractivity contribution in [1.29, 1.82) is 0 Å². The Balaban J connectivity index is 1.96. The predicted octanol–water partition coefficient (Wildman–Crippen LogP) is 5.10. The van der Waals surface area contributed by atoms with E-state index in [4.69, 9.17) is 4.74 Å². The van der Waals surface area contributed by atoms with E-state index in [1.807, 2.05) is 21.9 Å². The van der Waals surface area contributed by atoms with Crippen LogP contribution in [0.4, 0.5) is 4.39 Å². The minimum absolute atomic E-state index is 0.00874. The van der Waals surface area contributed by atoms with Gasteiger partial charge in [-0.3, -0.25) is 14.5 Å². The molecule has 3 atom stereocenters. The molecule has 0 spiro atoms. The molecular weight excluding hydrogens is 447 g/mol. The number of aliphatic carboxylic acids is 1. The number of likely N-dealkylation sites (tertiary alicyclic amines) is 1. The van der Waals surface area contributed by atoms with Gasteiger partial charge in [0.15, 0.2) is 0 Å². The largest absolute Gasteiger partial charge is 0.497 e. The van der Waals surface area contributed by atoms with Gasteiger partial charge in [0.25, 0.3) is 0 Å². The average molecular weight is 485 g/mol. The molecule has 0 saturated carbocycles. The van der Waals surface area contributed by atoms with Gasteiger partial charge in [-0.1, -0.05) is 51.0 Å². The van der Waals surface area contributed by atoms with Crippen molar-refractivity contribution in [3.63, 3.8) is 0 Å². The Morgan fingerprint density at radius 3 is 2.26 bits per heavy atom. The lowest BCUT2D eigenvalue weighted by Gasteiger charge is -2.30. The molecule has 7 heteroatoms. The van der Waals surface area contributed by atoms with Gasteiger partial charge in [0.2, 0.25) is 5.91 Å². The molecule has 1 saturated heterocycles. The lowest BCUT2D eigenvalue weighted by molar-refractivity contribution is -0.144. The lowest BCUT2D eigenvalue weighted by atomic mass is 9.83. The summed E-state index contributed by atoms with van der Waals surface area (Å²) in [7, 11) is 1.58. The number of carbonyl (C=O) groups excluding carboxylic acids is 1. The first kappa shape index (κ1) is 26.7. The van der Waals surface area contributed by atoms with E-state index in [9.17, 15) is 19.1 Å². The highest BCUT2D eigenvalue weighted by Gasteiger charge is 2.48. The molecule has 0 bridgehead atoms. The monoisotopic (exact) mass is 484 g/mol. The zero-order valence-electron chi connectivity index (χ0n) is 21.0. The normalized spacial score (nSPS) is 20.1. The molecule has 2 aromatic rings. The number of nitrogens with zero attached hydrogens (tertiary/aromatic N) is 2. The topological polar surface area (TPSA) is 70.1 Å². The molecule has 0 radical (unpaired) electrons. The molecule has 190 valence electrons. The minimum atomic E-state index is -0.955. The van der Waals surface area contributed by atoms with Crippen LogP contribution in [0.1, 0.15) is 62.6 Å². The minimum Gasteiger partial charge on any atom is -0.497 e. The number of methoxy groups -OCH3 is 1. The Hall–Kier alpha value is -2.93. The van der Waals surface area contributed by atoms with Crippen molar-refractivity contribution in [3.8, 4) is 5.75 Å². The Morgan fingerprint density at radius 2 is 1.71 bits per heavy atom. The summed E-state index contributed by atoms with van der Waals surface area (Å²) in [4.78, 5) is 29.9.